The van der Waals surface area contributed by atoms with Crippen molar-refractivity contribution >= 4 is 35.1 Å². The van der Waals surface area contributed by atoms with Crippen LogP contribution in [0.2, 0.25) is 0 Å². The molecule has 0 bridgehead atoms. The highest BCUT2D eigenvalue weighted by Gasteiger charge is 2.08. The van der Waals surface area contributed by atoms with E-state index in [-0.39, 0.29) is 29.3 Å². The number of aromatic hydroxyl groups is 2. The zero-order chi connectivity index (χ0) is 28.0. The van der Waals surface area contributed by atoms with Crippen molar-refractivity contribution in [1.29, 1.82) is 0 Å². The molecule has 0 saturated carbocycles. The van der Waals surface area contributed by atoms with Crippen molar-refractivity contribution in [2.45, 2.75) is 0 Å². The molecule has 0 aliphatic heterocycles. The number of ether oxygens (including phenoxy) is 2. The minimum absolute atomic E-state index is 0.132. The zero-order valence-electron chi connectivity index (χ0n) is 21.7. The molecule has 0 atom stereocenters. The van der Waals surface area contributed by atoms with Gasteiger partial charge in [0.05, 0.1) is 26.4 Å². The second kappa shape index (κ2) is 14.9. The Morgan fingerprint density at radius 2 is 1.12 bits per heavy atom. The van der Waals surface area contributed by atoms with Crippen LogP contribution in [-0.2, 0) is 9.47 Å². The molecule has 12 heteroatoms. The normalized spacial score (nSPS) is 10.6. The molecule has 3 aromatic carbocycles. The number of amides is 1. The Morgan fingerprint density at radius 3 is 1.68 bits per heavy atom. The van der Waals surface area contributed by atoms with Crippen molar-refractivity contribution in [2.24, 2.45) is 0 Å². The first-order valence-electron chi connectivity index (χ1n) is 12.7. The van der Waals surface area contributed by atoms with Crippen LogP contribution in [0.5, 0.6) is 11.5 Å². The van der Waals surface area contributed by atoms with Gasteiger partial charge in [-0.3, -0.25) is 4.79 Å². The summed E-state index contributed by atoms with van der Waals surface area (Å²) in [4.78, 5) is 25.2. The summed E-state index contributed by atoms with van der Waals surface area (Å²) in [5.41, 5.74) is 1.99. The van der Waals surface area contributed by atoms with E-state index in [2.05, 4.69) is 36.2 Å². The number of hydrogen-bond acceptors (Lipinski definition) is 11. The molecule has 4 aromatic rings. The van der Waals surface area contributed by atoms with Crippen molar-refractivity contribution < 1.29 is 24.5 Å². The van der Waals surface area contributed by atoms with Crippen LogP contribution in [-0.4, -0.2) is 70.6 Å². The maximum absolute atomic E-state index is 12.0. The van der Waals surface area contributed by atoms with Gasteiger partial charge in [-0.1, -0.05) is 18.2 Å². The Bertz CT molecular complexity index is 1270. The van der Waals surface area contributed by atoms with Gasteiger partial charge < -0.3 is 41.0 Å². The van der Waals surface area contributed by atoms with Gasteiger partial charge in [0.25, 0.3) is 5.91 Å². The molecule has 0 spiro atoms. The molecule has 0 saturated heterocycles. The van der Waals surface area contributed by atoms with Crippen molar-refractivity contribution in [3.63, 3.8) is 0 Å². The maximum atomic E-state index is 12.0. The minimum atomic E-state index is -0.132. The number of nitrogens with one attached hydrogen (secondary N) is 4. The predicted octanol–water partition coefficient (Wildman–Crippen LogP) is 3.65. The number of benzene rings is 3. The first kappa shape index (κ1) is 28.1. The van der Waals surface area contributed by atoms with Crippen LogP contribution in [0.1, 0.15) is 10.4 Å². The van der Waals surface area contributed by atoms with E-state index in [1.165, 1.54) is 0 Å². The fraction of sp³-hybridized carbons (Fsp3) is 0.214. The van der Waals surface area contributed by atoms with E-state index in [9.17, 15) is 15.0 Å². The van der Waals surface area contributed by atoms with Gasteiger partial charge in [-0.05, 0) is 60.7 Å². The van der Waals surface area contributed by atoms with E-state index in [0.29, 0.717) is 62.4 Å². The lowest BCUT2D eigenvalue weighted by Gasteiger charge is -2.12. The first-order valence-corrected chi connectivity index (χ1v) is 12.7. The second-order valence-electron chi connectivity index (χ2n) is 8.42. The Labute approximate surface area is 231 Å². The highest BCUT2D eigenvalue weighted by atomic mass is 16.5. The Kier molecular flexibility index (Phi) is 10.4. The first-order chi connectivity index (χ1) is 19.5. The summed E-state index contributed by atoms with van der Waals surface area (Å²) in [7, 11) is 0. The van der Waals surface area contributed by atoms with E-state index in [4.69, 9.17) is 9.47 Å². The van der Waals surface area contributed by atoms with Crippen molar-refractivity contribution in [3.05, 3.63) is 84.4 Å². The quantitative estimate of drug-likeness (QED) is 0.0955. The van der Waals surface area contributed by atoms with Crippen LogP contribution in [0.3, 0.4) is 0 Å². The molecule has 0 unspecified atom stereocenters. The topological polar surface area (TPSA) is 163 Å². The molecule has 1 heterocycles. The van der Waals surface area contributed by atoms with Crippen LogP contribution in [0.25, 0.3) is 0 Å². The number of phenolic OH excluding ortho intramolecular Hbond substituents is 2. The smallest absolute Gasteiger partial charge is 0.251 e. The van der Waals surface area contributed by atoms with Gasteiger partial charge >= 0.3 is 0 Å². The highest BCUT2D eigenvalue weighted by molar-refractivity contribution is 5.94. The third kappa shape index (κ3) is 9.42. The second-order valence-corrected chi connectivity index (χ2v) is 8.42. The van der Waals surface area contributed by atoms with Crippen LogP contribution in [0, 0.1) is 0 Å². The van der Waals surface area contributed by atoms with Crippen LogP contribution < -0.4 is 21.3 Å². The van der Waals surface area contributed by atoms with E-state index < -0.39 is 0 Å². The van der Waals surface area contributed by atoms with Crippen molar-refractivity contribution in [3.8, 4) is 11.5 Å². The Morgan fingerprint density at radius 1 is 0.625 bits per heavy atom. The van der Waals surface area contributed by atoms with E-state index in [0.717, 1.165) is 0 Å². The third-order valence-corrected chi connectivity index (χ3v) is 5.35. The van der Waals surface area contributed by atoms with Crippen LogP contribution >= 0.6 is 0 Å². The lowest BCUT2D eigenvalue weighted by Crippen LogP contribution is -2.27. The average molecular weight is 546 g/mol. The Hall–Kier alpha value is -4.94. The van der Waals surface area contributed by atoms with Gasteiger partial charge in [-0.2, -0.15) is 15.0 Å². The number of phenols is 2. The van der Waals surface area contributed by atoms with E-state index in [1.807, 2.05) is 18.2 Å². The number of hydrogen-bond donors (Lipinski definition) is 6. The number of carbonyl (C=O) groups is 1. The van der Waals surface area contributed by atoms with Gasteiger partial charge in [-0.25, -0.2) is 0 Å². The minimum Gasteiger partial charge on any atom is -0.508 e. The number of rotatable bonds is 15. The van der Waals surface area contributed by atoms with Gasteiger partial charge in [-0.15, -0.1) is 0 Å². The lowest BCUT2D eigenvalue weighted by molar-refractivity contribution is 0.0519. The number of nitrogens with zero attached hydrogens (tertiary/aromatic N) is 3. The predicted molar refractivity (Wildman–Crippen MR) is 152 cm³/mol. The molecule has 12 nitrogen and oxygen atoms in total. The largest absolute Gasteiger partial charge is 0.508 e. The lowest BCUT2D eigenvalue weighted by atomic mass is 10.2. The van der Waals surface area contributed by atoms with Crippen LogP contribution in [0.15, 0.2) is 78.9 Å². The van der Waals surface area contributed by atoms with Crippen LogP contribution in [0.4, 0.5) is 29.2 Å². The van der Waals surface area contributed by atoms with E-state index in [1.54, 1.807) is 60.7 Å². The molecule has 6 N–H and O–H groups in total. The fourth-order valence-electron chi connectivity index (χ4n) is 3.40. The zero-order valence-corrected chi connectivity index (χ0v) is 21.7. The van der Waals surface area contributed by atoms with Gasteiger partial charge in [0.15, 0.2) is 0 Å². The summed E-state index contributed by atoms with van der Waals surface area (Å²) in [6, 6.07) is 22.0. The SMILES string of the molecule is O=C(NCCOCCOCCNc1nc(Nc2ccc(O)cc2)nc(Nc2ccc(O)cc2)n1)c1ccccc1. The standard InChI is InChI=1S/C28H31N7O5/c36-23-10-6-21(7-11-23)31-27-33-26(34-28(35-27)32-22-8-12-24(37)13-9-22)30-15-17-40-19-18-39-16-14-29-25(38)20-4-2-1-3-5-20/h1-13,36-37H,14-19H2,(H,29,38)(H3,30,31,32,33,34,35). The molecule has 0 aliphatic carbocycles. The Balaban J connectivity index is 1.20. The molecule has 40 heavy (non-hydrogen) atoms. The monoisotopic (exact) mass is 545 g/mol. The highest BCUT2D eigenvalue weighted by Crippen LogP contribution is 2.21. The van der Waals surface area contributed by atoms with Gasteiger partial charge in [0.1, 0.15) is 11.5 Å². The van der Waals surface area contributed by atoms with Gasteiger partial charge in [0, 0.05) is 30.0 Å². The summed E-state index contributed by atoms with van der Waals surface area (Å²) in [5.74, 6) is 1.08. The summed E-state index contributed by atoms with van der Waals surface area (Å²) >= 11 is 0. The summed E-state index contributed by atoms with van der Waals surface area (Å²) in [5, 5.41) is 31.2. The third-order valence-electron chi connectivity index (χ3n) is 5.35. The fourth-order valence-corrected chi connectivity index (χ4v) is 3.40. The molecule has 4 rings (SSSR count). The summed E-state index contributed by atoms with van der Waals surface area (Å²) < 4.78 is 11.1. The molecule has 0 aliphatic rings. The molecule has 208 valence electrons. The molecular formula is C28H31N7O5. The summed E-state index contributed by atoms with van der Waals surface area (Å²) in [6.07, 6.45) is 0. The molecular weight excluding hydrogens is 514 g/mol. The van der Waals surface area contributed by atoms with E-state index >= 15 is 0 Å². The number of aromatic nitrogens is 3. The molecule has 1 aromatic heterocycles. The number of anilines is 5. The maximum Gasteiger partial charge on any atom is 0.251 e. The average Bonchev–Trinajstić information content (AvgIpc) is 2.97. The molecule has 0 fully saturated rings. The molecule has 1 amide bonds. The van der Waals surface area contributed by atoms with Crippen molar-refractivity contribution in [2.75, 3.05) is 55.5 Å². The summed E-state index contributed by atoms with van der Waals surface area (Å²) in [6.45, 7) is 2.42. The van der Waals surface area contributed by atoms with Crippen molar-refractivity contribution in [1.82, 2.24) is 20.3 Å². The number of carbonyl (C=O) groups excluding carboxylic acids is 1. The molecule has 0 radical (unpaired) electrons. The van der Waals surface area contributed by atoms with Gasteiger partial charge in [0.2, 0.25) is 17.8 Å².